The molecule has 3 rings (SSSR count). The Morgan fingerprint density at radius 1 is 1.15 bits per heavy atom. The first-order valence-electron chi connectivity index (χ1n) is 7.96. The van der Waals surface area contributed by atoms with Gasteiger partial charge in [0.25, 0.3) is 0 Å². The van der Waals surface area contributed by atoms with Gasteiger partial charge in [0, 0.05) is 18.0 Å². The molecule has 2 nitrogen and oxygen atoms in total. The summed E-state index contributed by atoms with van der Waals surface area (Å²) >= 11 is 0. The molecule has 2 aliphatic carbocycles. The highest BCUT2D eigenvalue weighted by Gasteiger charge is 2.57. The minimum absolute atomic E-state index is 0.358. The molecule has 110 valence electrons. The Bertz CT molecular complexity index is 451. The number of methoxy groups -OCH3 is 1. The Morgan fingerprint density at radius 2 is 1.80 bits per heavy atom. The minimum atomic E-state index is 0.358. The van der Waals surface area contributed by atoms with Gasteiger partial charge in [0.05, 0.1) is 7.11 Å². The van der Waals surface area contributed by atoms with Crippen molar-refractivity contribution < 1.29 is 4.74 Å². The molecule has 2 heteroatoms. The van der Waals surface area contributed by atoms with Crippen molar-refractivity contribution in [2.24, 2.45) is 5.41 Å². The Hall–Kier alpha value is -1.02. The van der Waals surface area contributed by atoms with E-state index in [0.717, 1.165) is 12.3 Å². The molecule has 0 aromatic heterocycles. The molecule has 0 atom stereocenters. The van der Waals surface area contributed by atoms with E-state index >= 15 is 0 Å². The van der Waals surface area contributed by atoms with Crippen LogP contribution >= 0.6 is 0 Å². The molecule has 1 spiro atoms. The predicted octanol–water partition coefficient (Wildman–Crippen LogP) is 3.90. The van der Waals surface area contributed by atoms with Crippen LogP contribution in [0.15, 0.2) is 24.3 Å². The van der Waals surface area contributed by atoms with Crippen LogP contribution in [-0.4, -0.2) is 19.7 Å². The van der Waals surface area contributed by atoms with Crippen LogP contribution in [-0.2, 0) is 5.41 Å². The van der Waals surface area contributed by atoms with Crippen LogP contribution in [0.5, 0.6) is 5.75 Å². The molecule has 20 heavy (non-hydrogen) atoms. The van der Waals surface area contributed by atoms with Gasteiger partial charge in [-0.05, 0) is 48.8 Å². The largest absolute Gasteiger partial charge is 0.497 e. The molecular weight excluding hydrogens is 246 g/mol. The van der Waals surface area contributed by atoms with E-state index in [4.69, 9.17) is 4.74 Å². The molecule has 2 saturated carbocycles. The fourth-order valence-corrected chi connectivity index (χ4v) is 4.19. The summed E-state index contributed by atoms with van der Waals surface area (Å²) in [5.74, 6) is 0.957. The molecule has 2 aliphatic rings. The van der Waals surface area contributed by atoms with Gasteiger partial charge in [0.1, 0.15) is 5.75 Å². The summed E-state index contributed by atoms with van der Waals surface area (Å²) in [5.41, 5.74) is 2.54. The third-order valence-electron chi connectivity index (χ3n) is 5.39. The second-order valence-electron chi connectivity index (χ2n) is 7.25. The number of nitrogens with one attached hydrogen (secondary N) is 1. The summed E-state index contributed by atoms with van der Waals surface area (Å²) in [6.45, 7) is 5.58. The van der Waals surface area contributed by atoms with E-state index in [0.29, 0.717) is 16.9 Å². The summed E-state index contributed by atoms with van der Waals surface area (Å²) in [6, 6.07) is 9.32. The van der Waals surface area contributed by atoms with Crippen molar-refractivity contribution in [2.45, 2.75) is 57.4 Å². The zero-order valence-electron chi connectivity index (χ0n) is 13.0. The average Bonchev–Trinajstić information content (AvgIpc) is 2.36. The lowest BCUT2D eigenvalue weighted by molar-refractivity contribution is -0.0489. The molecular formula is C18H27NO. The number of hydrogen-bond acceptors (Lipinski definition) is 2. The summed E-state index contributed by atoms with van der Waals surface area (Å²) < 4.78 is 5.29. The zero-order chi connectivity index (χ0) is 14.2. The van der Waals surface area contributed by atoms with E-state index in [2.05, 4.69) is 43.4 Å². The highest BCUT2D eigenvalue weighted by molar-refractivity contribution is 5.36. The number of ether oxygens (including phenoxy) is 1. The predicted molar refractivity (Wildman–Crippen MR) is 83.3 cm³/mol. The topological polar surface area (TPSA) is 21.3 Å². The first-order valence-corrected chi connectivity index (χ1v) is 7.96. The normalized spacial score (nSPS) is 22.4. The standard InChI is InChI=1S/C18H27NO/c1-14(2)19-13-18(11-17(12-18)9-4-10-17)15-5-7-16(20-3)8-6-15/h5-8,14,19H,4,9-13H2,1-3H3. The van der Waals surface area contributed by atoms with E-state index in [1.165, 1.54) is 37.7 Å². The summed E-state index contributed by atoms with van der Waals surface area (Å²) in [4.78, 5) is 0. The van der Waals surface area contributed by atoms with Crippen molar-refractivity contribution in [3.8, 4) is 5.75 Å². The maximum Gasteiger partial charge on any atom is 0.118 e. The molecule has 1 N–H and O–H groups in total. The summed E-state index contributed by atoms with van der Waals surface area (Å²) in [6.07, 6.45) is 7.08. The van der Waals surface area contributed by atoms with Crippen LogP contribution in [0.2, 0.25) is 0 Å². The molecule has 0 heterocycles. The lowest BCUT2D eigenvalue weighted by atomic mass is 9.43. The fraction of sp³-hybridized carbons (Fsp3) is 0.667. The third kappa shape index (κ3) is 2.35. The molecule has 0 aliphatic heterocycles. The summed E-state index contributed by atoms with van der Waals surface area (Å²) in [5, 5.41) is 3.67. The quantitative estimate of drug-likeness (QED) is 0.878. The number of rotatable bonds is 5. The van der Waals surface area contributed by atoms with Crippen LogP contribution in [0.25, 0.3) is 0 Å². The molecule has 1 aromatic carbocycles. The van der Waals surface area contributed by atoms with Crippen molar-refractivity contribution >= 4 is 0 Å². The first-order chi connectivity index (χ1) is 9.57. The lowest BCUT2D eigenvalue weighted by Gasteiger charge is -2.62. The van der Waals surface area contributed by atoms with Gasteiger partial charge in [-0.25, -0.2) is 0 Å². The fourth-order valence-electron chi connectivity index (χ4n) is 4.19. The monoisotopic (exact) mass is 273 g/mol. The minimum Gasteiger partial charge on any atom is -0.497 e. The summed E-state index contributed by atoms with van der Waals surface area (Å²) in [7, 11) is 1.73. The average molecular weight is 273 g/mol. The highest BCUT2D eigenvalue weighted by Crippen LogP contribution is 2.64. The lowest BCUT2D eigenvalue weighted by Crippen LogP contribution is -2.57. The highest BCUT2D eigenvalue weighted by atomic mass is 16.5. The van der Waals surface area contributed by atoms with E-state index in [1.807, 2.05) is 0 Å². The molecule has 1 aromatic rings. The van der Waals surface area contributed by atoms with Gasteiger partial charge in [-0.15, -0.1) is 0 Å². The molecule has 0 bridgehead atoms. The van der Waals surface area contributed by atoms with E-state index in [-0.39, 0.29) is 0 Å². The van der Waals surface area contributed by atoms with Crippen molar-refractivity contribution in [3.05, 3.63) is 29.8 Å². The van der Waals surface area contributed by atoms with Crippen LogP contribution in [0.1, 0.15) is 51.5 Å². The van der Waals surface area contributed by atoms with Crippen molar-refractivity contribution in [2.75, 3.05) is 13.7 Å². The Balaban J connectivity index is 1.78. The van der Waals surface area contributed by atoms with Crippen LogP contribution in [0.4, 0.5) is 0 Å². The Labute approximate surface area is 122 Å². The molecule has 0 unspecified atom stereocenters. The third-order valence-corrected chi connectivity index (χ3v) is 5.39. The van der Waals surface area contributed by atoms with Crippen LogP contribution < -0.4 is 10.1 Å². The first kappa shape index (κ1) is 13.9. The number of benzene rings is 1. The van der Waals surface area contributed by atoms with Crippen molar-refractivity contribution in [1.29, 1.82) is 0 Å². The van der Waals surface area contributed by atoms with Gasteiger partial charge in [-0.2, -0.15) is 0 Å². The molecule has 0 radical (unpaired) electrons. The Morgan fingerprint density at radius 3 is 2.25 bits per heavy atom. The van der Waals surface area contributed by atoms with E-state index in [1.54, 1.807) is 7.11 Å². The van der Waals surface area contributed by atoms with Gasteiger partial charge in [-0.3, -0.25) is 0 Å². The number of hydrogen-bond donors (Lipinski definition) is 1. The molecule has 0 amide bonds. The van der Waals surface area contributed by atoms with Gasteiger partial charge in [0.15, 0.2) is 0 Å². The van der Waals surface area contributed by atoms with Gasteiger partial charge >= 0.3 is 0 Å². The zero-order valence-corrected chi connectivity index (χ0v) is 13.0. The second kappa shape index (κ2) is 5.07. The maximum absolute atomic E-state index is 5.29. The van der Waals surface area contributed by atoms with Crippen molar-refractivity contribution in [3.63, 3.8) is 0 Å². The molecule has 2 fully saturated rings. The van der Waals surface area contributed by atoms with E-state index in [9.17, 15) is 0 Å². The molecule has 0 saturated heterocycles. The van der Waals surface area contributed by atoms with Crippen LogP contribution in [0, 0.1) is 5.41 Å². The van der Waals surface area contributed by atoms with Gasteiger partial charge in [-0.1, -0.05) is 32.4 Å². The Kier molecular flexibility index (Phi) is 3.53. The maximum atomic E-state index is 5.29. The second-order valence-corrected chi connectivity index (χ2v) is 7.25. The van der Waals surface area contributed by atoms with Crippen molar-refractivity contribution in [1.82, 2.24) is 5.32 Å². The van der Waals surface area contributed by atoms with Gasteiger partial charge < -0.3 is 10.1 Å². The smallest absolute Gasteiger partial charge is 0.118 e. The van der Waals surface area contributed by atoms with Gasteiger partial charge in [0.2, 0.25) is 0 Å². The van der Waals surface area contributed by atoms with Crippen LogP contribution in [0.3, 0.4) is 0 Å². The van der Waals surface area contributed by atoms with E-state index < -0.39 is 0 Å². The SMILES string of the molecule is COc1ccc(C2(CNC(C)C)CC3(CCC3)C2)cc1.